The number of anilines is 1. The van der Waals surface area contributed by atoms with E-state index in [0.29, 0.717) is 5.32 Å². The van der Waals surface area contributed by atoms with Crippen LogP contribution in [0.4, 0.5) is 28.0 Å². The maximum atomic E-state index is 12.6. The van der Waals surface area contributed by atoms with Crippen LogP contribution in [-0.4, -0.2) is 12.3 Å². The molecule has 0 saturated carbocycles. The third kappa shape index (κ3) is 4.30. The SMILES string of the molecule is O=C(Nc1cccc(F)c1)NC(F)(F)F. The zero-order chi connectivity index (χ0) is 11.5. The molecule has 2 N–H and O–H groups in total. The summed E-state index contributed by atoms with van der Waals surface area (Å²) in [5, 5.41) is 2.54. The predicted octanol–water partition coefficient (Wildman–Crippen LogP) is 2.47. The van der Waals surface area contributed by atoms with Crippen LogP contribution in [0.15, 0.2) is 24.3 Å². The maximum absolute atomic E-state index is 12.6. The Bertz CT molecular complexity index is 364. The molecule has 15 heavy (non-hydrogen) atoms. The Labute approximate surface area is 82.1 Å². The minimum Gasteiger partial charge on any atom is -0.308 e. The zero-order valence-corrected chi connectivity index (χ0v) is 7.23. The van der Waals surface area contributed by atoms with Crippen LogP contribution >= 0.6 is 0 Å². The topological polar surface area (TPSA) is 41.1 Å². The van der Waals surface area contributed by atoms with E-state index in [1.54, 1.807) is 0 Å². The first-order valence-corrected chi connectivity index (χ1v) is 3.78. The maximum Gasteiger partial charge on any atom is 0.485 e. The Morgan fingerprint density at radius 2 is 1.93 bits per heavy atom. The number of carbonyl (C=O) groups excluding carboxylic acids is 1. The van der Waals surface area contributed by atoms with Crippen molar-refractivity contribution >= 4 is 11.7 Å². The number of amides is 2. The van der Waals surface area contributed by atoms with Gasteiger partial charge in [0.15, 0.2) is 0 Å². The van der Waals surface area contributed by atoms with Crippen molar-refractivity contribution in [1.82, 2.24) is 5.32 Å². The summed E-state index contributed by atoms with van der Waals surface area (Å²) in [6.07, 6.45) is -4.81. The lowest BCUT2D eigenvalue weighted by Crippen LogP contribution is -2.40. The Balaban J connectivity index is 2.59. The van der Waals surface area contributed by atoms with Crippen LogP contribution in [-0.2, 0) is 0 Å². The number of benzene rings is 1. The van der Waals surface area contributed by atoms with Gasteiger partial charge in [-0.2, -0.15) is 13.2 Å². The molecule has 0 saturated heterocycles. The molecule has 0 aliphatic heterocycles. The molecule has 7 heteroatoms. The van der Waals surface area contributed by atoms with E-state index in [2.05, 4.69) is 0 Å². The summed E-state index contributed by atoms with van der Waals surface area (Å²) in [6, 6.07) is 3.06. The highest BCUT2D eigenvalue weighted by molar-refractivity contribution is 5.89. The van der Waals surface area contributed by atoms with Crippen LogP contribution in [0.25, 0.3) is 0 Å². The second kappa shape index (κ2) is 4.16. The van der Waals surface area contributed by atoms with Crippen LogP contribution in [0.2, 0.25) is 0 Å². The third-order valence-corrected chi connectivity index (χ3v) is 1.34. The van der Waals surface area contributed by atoms with Crippen molar-refractivity contribution in [3.05, 3.63) is 30.1 Å². The molecule has 0 radical (unpaired) electrons. The number of nitrogens with one attached hydrogen (secondary N) is 2. The fourth-order valence-electron chi connectivity index (χ4n) is 0.857. The second-order valence-corrected chi connectivity index (χ2v) is 2.59. The summed E-state index contributed by atoms with van der Waals surface area (Å²) in [6.45, 7) is 0. The van der Waals surface area contributed by atoms with E-state index in [-0.39, 0.29) is 5.69 Å². The van der Waals surface area contributed by atoms with Crippen molar-refractivity contribution in [3.63, 3.8) is 0 Å². The lowest BCUT2D eigenvalue weighted by Gasteiger charge is -2.09. The van der Waals surface area contributed by atoms with Crippen LogP contribution in [0.3, 0.4) is 0 Å². The molecule has 82 valence electrons. The van der Waals surface area contributed by atoms with Crippen molar-refractivity contribution in [3.8, 4) is 0 Å². The van der Waals surface area contributed by atoms with Gasteiger partial charge in [0.2, 0.25) is 0 Å². The van der Waals surface area contributed by atoms with E-state index < -0.39 is 18.1 Å². The lowest BCUT2D eigenvalue weighted by atomic mass is 10.3. The van der Waals surface area contributed by atoms with E-state index in [9.17, 15) is 22.4 Å². The smallest absolute Gasteiger partial charge is 0.308 e. The van der Waals surface area contributed by atoms with Crippen molar-refractivity contribution in [2.24, 2.45) is 0 Å². The summed E-state index contributed by atoms with van der Waals surface area (Å²) in [5.41, 5.74) is -0.0586. The Morgan fingerprint density at radius 1 is 1.27 bits per heavy atom. The van der Waals surface area contributed by atoms with Gasteiger partial charge < -0.3 is 5.32 Å². The Kier molecular flexibility index (Phi) is 3.13. The van der Waals surface area contributed by atoms with E-state index in [1.807, 2.05) is 5.32 Å². The van der Waals surface area contributed by atoms with Gasteiger partial charge in [0, 0.05) is 5.69 Å². The van der Waals surface area contributed by atoms with Gasteiger partial charge in [-0.05, 0) is 18.2 Å². The first-order valence-electron chi connectivity index (χ1n) is 3.78. The molecule has 1 aromatic carbocycles. The number of hydrogen-bond acceptors (Lipinski definition) is 1. The van der Waals surface area contributed by atoms with Crippen molar-refractivity contribution < 1.29 is 22.4 Å². The van der Waals surface area contributed by atoms with Crippen LogP contribution in [0, 0.1) is 5.82 Å². The molecule has 0 heterocycles. The van der Waals surface area contributed by atoms with Gasteiger partial charge in [-0.1, -0.05) is 6.07 Å². The second-order valence-electron chi connectivity index (χ2n) is 2.59. The third-order valence-electron chi connectivity index (χ3n) is 1.34. The molecule has 1 rings (SSSR count). The molecule has 2 amide bonds. The zero-order valence-electron chi connectivity index (χ0n) is 7.23. The Morgan fingerprint density at radius 3 is 2.47 bits per heavy atom. The molecule has 0 bridgehead atoms. The van der Waals surface area contributed by atoms with Crippen molar-refractivity contribution in [1.29, 1.82) is 0 Å². The number of rotatable bonds is 1. The first-order chi connectivity index (χ1) is 6.87. The van der Waals surface area contributed by atoms with Crippen molar-refractivity contribution in [2.75, 3.05) is 5.32 Å². The first kappa shape index (κ1) is 11.3. The molecule has 3 nitrogen and oxygen atoms in total. The molecule has 0 fully saturated rings. The van der Waals surface area contributed by atoms with E-state index in [4.69, 9.17) is 0 Å². The molecule has 0 aliphatic rings. The summed E-state index contributed by atoms with van der Waals surface area (Å²) >= 11 is 0. The van der Waals surface area contributed by atoms with Gasteiger partial charge in [0.1, 0.15) is 5.82 Å². The molecule has 0 aromatic heterocycles. The minimum atomic E-state index is -4.81. The molecule has 0 atom stereocenters. The van der Waals surface area contributed by atoms with Gasteiger partial charge in [-0.25, -0.2) is 14.5 Å². The molecular formula is C8H6F4N2O. The fraction of sp³-hybridized carbons (Fsp3) is 0.125. The van der Waals surface area contributed by atoms with Crippen LogP contribution < -0.4 is 10.6 Å². The predicted molar refractivity (Wildman–Crippen MR) is 44.6 cm³/mol. The molecule has 0 unspecified atom stereocenters. The monoisotopic (exact) mass is 222 g/mol. The Hall–Kier alpha value is -1.79. The van der Waals surface area contributed by atoms with Crippen LogP contribution in [0.5, 0.6) is 0 Å². The van der Waals surface area contributed by atoms with Gasteiger partial charge in [0.25, 0.3) is 0 Å². The van der Waals surface area contributed by atoms with Crippen molar-refractivity contribution in [2.45, 2.75) is 6.30 Å². The van der Waals surface area contributed by atoms with Gasteiger partial charge >= 0.3 is 12.3 Å². The summed E-state index contributed by atoms with van der Waals surface area (Å²) < 4.78 is 47.5. The molecular weight excluding hydrogens is 216 g/mol. The average Bonchev–Trinajstić information content (AvgIpc) is 1.99. The van der Waals surface area contributed by atoms with Gasteiger partial charge in [-0.15, -0.1) is 0 Å². The summed E-state index contributed by atoms with van der Waals surface area (Å²) in [4.78, 5) is 10.7. The highest BCUT2D eigenvalue weighted by Crippen LogP contribution is 2.12. The minimum absolute atomic E-state index is 0.0586. The lowest BCUT2D eigenvalue weighted by molar-refractivity contribution is -0.144. The van der Waals surface area contributed by atoms with E-state index >= 15 is 0 Å². The van der Waals surface area contributed by atoms with Crippen LogP contribution in [0.1, 0.15) is 0 Å². The molecule has 0 aliphatic carbocycles. The summed E-state index contributed by atoms with van der Waals surface area (Å²) in [7, 11) is 0. The highest BCUT2D eigenvalue weighted by Gasteiger charge is 2.29. The van der Waals surface area contributed by atoms with Gasteiger partial charge in [0.05, 0.1) is 0 Å². The standard InChI is InChI=1S/C8H6F4N2O/c9-5-2-1-3-6(4-5)13-7(15)14-8(10,11)12/h1-4H,(H2,13,14,15). The van der Waals surface area contributed by atoms with Gasteiger partial charge in [-0.3, -0.25) is 0 Å². The number of hydrogen-bond donors (Lipinski definition) is 2. The molecule has 1 aromatic rings. The highest BCUT2D eigenvalue weighted by atomic mass is 19.4. The van der Waals surface area contributed by atoms with E-state index in [0.717, 1.165) is 12.1 Å². The normalized spacial score (nSPS) is 10.9. The quantitative estimate of drug-likeness (QED) is 0.556. The largest absolute Gasteiger partial charge is 0.485 e. The average molecular weight is 222 g/mol. The number of carbonyl (C=O) groups is 1. The summed E-state index contributed by atoms with van der Waals surface area (Å²) in [5.74, 6) is -0.653. The number of urea groups is 1. The number of alkyl halides is 3. The molecule has 0 spiro atoms. The number of halogens is 4. The van der Waals surface area contributed by atoms with E-state index in [1.165, 1.54) is 12.1 Å². The fourth-order valence-corrected chi connectivity index (χ4v) is 0.857.